The van der Waals surface area contributed by atoms with E-state index in [9.17, 15) is 13.2 Å². The quantitative estimate of drug-likeness (QED) is 0.899. The molecule has 2 rings (SSSR count). The number of benzene rings is 1. The molecule has 2 aromatic rings. The van der Waals surface area contributed by atoms with Crippen molar-refractivity contribution in [1.29, 1.82) is 5.26 Å². The van der Waals surface area contributed by atoms with E-state index in [0.717, 1.165) is 17.4 Å². The van der Waals surface area contributed by atoms with Crippen LogP contribution in [0.25, 0.3) is 0 Å². The highest BCUT2D eigenvalue weighted by molar-refractivity contribution is 7.92. The van der Waals surface area contributed by atoms with Gasteiger partial charge in [0.15, 0.2) is 0 Å². The van der Waals surface area contributed by atoms with Gasteiger partial charge in [0.1, 0.15) is 10.9 Å². The predicted octanol–water partition coefficient (Wildman–Crippen LogP) is 2.43. The number of sulfonamides is 1. The molecule has 0 amide bonds. The van der Waals surface area contributed by atoms with Gasteiger partial charge in [0, 0.05) is 5.38 Å². The van der Waals surface area contributed by atoms with Gasteiger partial charge >= 0.3 is 5.97 Å². The summed E-state index contributed by atoms with van der Waals surface area (Å²) in [5, 5.41) is 19.2. The lowest BCUT2D eigenvalue weighted by molar-refractivity contribution is 0.0702. The number of nitriles is 1. The zero-order valence-corrected chi connectivity index (χ0v) is 12.5. The normalized spacial score (nSPS) is 10.9. The van der Waals surface area contributed by atoms with Crippen molar-refractivity contribution in [2.45, 2.75) is 11.8 Å². The maximum absolute atomic E-state index is 12.2. The number of aromatic carboxylic acids is 1. The smallest absolute Gasteiger partial charge is 0.345 e. The highest BCUT2D eigenvalue weighted by Crippen LogP contribution is 2.25. The summed E-state index contributed by atoms with van der Waals surface area (Å²) < 4.78 is 26.7. The van der Waals surface area contributed by atoms with Gasteiger partial charge in [-0.2, -0.15) is 5.26 Å². The monoisotopic (exact) mass is 322 g/mol. The first-order chi connectivity index (χ1) is 9.85. The number of nitrogens with zero attached hydrogens (tertiary/aromatic N) is 1. The highest BCUT2D eigenvalue weighted by Gasteiger charge is 2.20. The third-order valence-electron chi connectivity index (χ3n) is 2.73. The molecule has 0 saturated heterocycles. The van der Waals surface area contributed by atoms with Crippen LogP contribution in [0, 0.1) is 18.3 Å². The summed E-state index contributed by atoms with van der Waals surface area (Å²) in [5.74, 6) is -1.19. The highest BCUT2D eigenvalue weighted by atomic mass is 32.2. The Balaban J connectivity index is 2.40. The Labute approximate surface area is 125 Å². The molecule has 1 aromatic carbocycles. The van der Waals surface area contributed by atoms with Crippen molar-refractivity contribution in [1.82, 2.24) is 0 Å². The van der Waals surface area contributed by atoms with E-state index in [0.29, 0.717) is 5.56 Å². The number of hydrogen-bond donors (Lipinski definition) is 2. The third-order valence-corrected chi connectivity index (χ3v) is 5.14. The maximum atomic E-state index is 12.2. The standard InChI is InChI=1S/C13H10N2O4S2/c1-8-3-2-4-11(10(8)6-14)15-21(18,19)9-5-12(13(16)17)20-7-9/h2-5,7,15H,1H3,(H,16,17). The second-order valence-electron chi connectivity index (χ2n) is 4.17. The van der Waals surface area contributed by atoms with Gasteiger partial charge in [-0.15, -0.1) is 11.3 Å². The van der Waals surface area contributed by atoms with Crippen LogP contribution in [0.2, 0.25) is 0 Å². The molecule has 0 unspecified atom stereocenters. The van der Waals surface area contributed by atoms with Crippen LogP contribution in [-0.4, -0.2) is 19.5 Å². The van der Waals surface area contributed by atoms with Gasteiger partial charge in [-0.05, 0) is 24.6 Å². The first-order valence-corrected chi connectivity index (χ1v) is 8.06. The molecule has 1 heterocycles. The molecule has 0 fully saturated rings. The van der Waals surface area contributed by atoms with Crippen LogP contribution in [0.4, 0.5) is 5.69 Å². The van der Waals surface area contributed by atoms with Gasteiger partial charge in [-0.1, -0.05) is 12.1 Å². The lowest BCUT2D eigenvalue weighted by atomic mass is 10.1. The zero-order chi connectivity index (χ0) is 15.6. The Morgan fingerprint density at radius 3 is 2.71 bits per heavy atom. The number of rotatable bonds is 4. The van der Waals surface area contributed by atoms with E-state index in [1.54, 1.807) is 19.1 Å². The number of nitrogens with one attached hydrogen (secondary N) is 1. The van der Waals surface area contributed by atoms with Gasteiger partial charge in [-0.3, -0.25) is 4.72 Å². The molecule has 0 aliphatic heterocycles. The molecule has 6 nitrogen and oxygen atoms in total. The van der Waals surface area contributed by atoms with E-state index >= 15 is 0 Å². The van der Waals surface area contributed by atoms with Crippen molar-refractivity contribution in [2.75, 3.05) is 4.72 Å². The van der Waals surface area contributed by atoms with Crippen LogP contribution >= 0.6 is 11.3 Å². The van der Waals surface area contributed by atoms with Crippen LogP contribution in [0.15, 0.2) is 34.5 Å². The fourth-order valence-electron chi connectivity index (χ4n) is 1.68. The average molecular weight is 322 g/mol. The van der Waals surface area contributed by atoms with Crippen LogP contribution in [0.5, 0.6) is 0 Å². The molecule has 8 heteroatoms. The minimum absolute atomic E-state index is 0.0693. The van der Waals surface area contributed by atoms with E-state index < -0.39 is 16.0 Å². The third kappa shape index (κ3) is 3.04. The van der Waals surface area contributed by atoms with E-state index in [1.165, 1.54) is 11.4 Å². The molecule has 0 radical (unpaired) electrons. The summed E-state index contributed by atoms with van der Waals surface area (Å²) in [6, 6.07) is 7.83. The molecular weight excluding hydrogens is 312 g/mol. The van der Waals surface area contributed by atoms with Crippen molar-refractivity contribution in [3.8, 4) is 6.07 Å². The fourth-order valence-corrected chi connectivity index (χ4v) is 3.86. The first kappa shape index (κ1) is 15.0. The lowest BCUT2D eigenvalue weighted by Gasteiger charge is -2.09. The zero-order valence-electron chi connectivity index (χ0n) is 10.8. The number of carbonyl (C=O) groups is 1. The maximum Gasteiger partial charge on any atom is 0.345 e. The van der Waals surface area contributed by atoms with Crippen molar-refractivity contribution in [3.63, 3.8) is 0 Å². The molecule has 0 aliphatic carbocycles. The SMILES string of the molecule is Cc1cccc(NS(=O)(=O)c2csc(C(=O)O)c2)c1C#N. The van der Waals surface area contributed by atoms with Crippen LogP contribution in [-0.2, 0) is 10.0 Å². The summed E-state index contributed by atoms with van der Waals surface area (Å²) in [7, 11) is -3.93. The minimum Gasteiger partial charge on any atom is -0.477 e. The Morgan fingerprint density at radius 1 is 1.43 bits per heavy atom. The van der Waals surface area contributed by atoms with E-state index in [1.807, 2.05) is 6.07 Å². The Hall–Kier alpha value is -2.37. The molecule has 0 bridgehead atoms. The molecule has 2 N–H and O–H groups in total. The van der Waals surface area contributed by atoms with Gasteiger partial charge in [0.05, 0.1) is 16.1 Å². The number of hydrogen-bond acceptors (Lipinski definition) is 5. The summed E-state index contributed by atoms with van der Waals surface area (Å²) in [6.45, 7) is 1.70. The Kier molecular flexibility index (Phi) is 3.97. The molecule has 108 valence electrons. The van der Waals surface area contributed by atoms with Gasteiger partial charge < -0.3 is 5.11 Å². The molecule has 0 saturated carbocycles. The van der Waals surface area contributed by atoms with E-state index in [-0.39, 0.29) is 21.0 Å². The van der Waals surface area contributed by atoms with Gasteiger partial charge in [0.25, 0.3) is 10.0 Å². The molecule has 21 heavy (non-hydrogen) atoms. The number of carboxylic acid groups (broad SMARTS) is 1. The molecule has 0 spiro atoms. The second kappa shape index (κ2) is 5.55. The lowest BCUT2D eigenvalue weighted by Crippen LogP contribution is -2.13. The summed E-state index contributed by atoms with van der Waals surface area (Å²) in [4.78, 5) is 10.6. The van der Waals surface area contributed by atoms with Crippen molar-refractivity contribution >= 4 is 33.0 Å². The minimum atomic E-state index is -3.93. The predicted molar refractivity (Wildman–Crippen MR) is 78.0 cm³/mol. The van der Waals surface area contributed by atoms with Crippen molar-refractivity contribution in [2.24, 2.45) is 0 Å². The van der Waals surface area contributed by atoms with Gasteiger partial charge in [-0.25, -0.2) is 13.2 Å². The van der Waals surface area contributed by atoms with Crippen molar-refractivity contribution < 1.29 is 18.3 Å². The topological polar surface area (TPSA) is 107 Å². The first-order valence-electron chi connectivity index (χ1n) is 5.69. The number of aryl methyl sites for hydroxylation is 1. The second-order valence-corrected chi connectivity index (χ2v) is 6.76. The molecule has 0 atom stereocenters. The average Bonchev–Trinajstić information content (AvgIpc) is 2.89. The van der Waals surface area contributed by atoms with Crippen LogP contribution < -0.4 is 4.72 Å². The van der Waals surface area contributed by atoms with Gasteiger partial charge in [0.2, 0.25) is 0 Å². The van der Waals surface area contributed by atoms with Crippen LogP contribution in [0.3, 0.4) is 0 Å². The summed E-state index contributed by atoms with van der Waals surface area (Å²) in [5.41, 5.74) is 1.05. The number of anilines is 1. The largest absolute Gasteiger partial charge is 0.477 e. The van der Waals surface area contributed by atoms with Crippen LogP contribution in [0.1, 0.15) is 20.8 Å². The van der Waals surface area contributed by atoms with Crippen molar-refractivity contribution in [3.05, 3.63) is 45.6 Å². The van der Waals surface area contributed by atoms with E-state index in [4.69, 9.17) is 10.4 Å². The molecule has 1 aromatic heterocycles. The number of thiophene rings is 1. The fraction of sp³-hybridized carbons (Fsp3) is 0.0769. The summed E-state index contributed by atoms with van der Waals surface area (Å²) in [6.07, 6.45) is 0. The number of carboxylic acids is 1. The Morgan fingerprint density at radius 2 is 2.14 bits per heavy atom. The summed E-state index contributed by atoms with van der Waals surface area (Å²) >= 11 is 0.824. The molecule has 0 aliphatic rings. The molecular formula is C13H10N2O4S2. The van der Waals surface area contributed by atoms with E-state index in [2.05, 4.69) is 4.72 Å². The Bertz CT molecular complexity index is 847.